The van der Waals surface area contributed by atoms with Crippen LogP contribution in [-0.4, -0.2) is 29.4 Å². The molecule has 106 valence electrons. The first-order valence-electron chi connectivity index (χ1n) is 5.91. The number of carbonyl (C=O) groups excluding carboxylic acids is 1. The van der Waals surface area contributed by atoms with E-state index >= 15 is 0 Å². The van der Waals surface area contributed by atoms with Crippen LogP contribution in [0.5, 0.6) is 5.75 Å². The summed E-state index contributed by atoms with van der Waals surface area (Å²) in [6.45, 7) is 0.606. The topological polar surface area (TPSA) is 64.2 Å². The lowest BCUT2D eigenvalue weighted by atomic mass is 10.3. The van der Waals surface area contributed by atoms with Gasteiger partial charge in [0, 0.05) is 6.42 Å². The van der Waals surface area contributed by atoms with Crippen molar-refractivity contribution >= 4 is 21.9 Å². The molecule has 0 saturated heterocycles. The number of hydrogen-bond donors (Lipinski definition) is 1. The first-order valence-corrected chi connectivity index (χ1v) is 6.70. The molecule has 2 aromatic rings. The Morgan fingerprint density at radius 3 is 2.70 bits per heavy atom. The maximum atomic E-state index is 12.7. The second-order valence-corrected chi connectivity index (χ2v) is 4.74. The molecule has 0 bridgehead atoms. The summed E-state index contributed by atoms with van der Waals surface area (Å²) < 4.78 is 23.6. The molecule has 0 unspecified atom stereocenters. The van der Waals surface area contributed by atoms with Crippen molar-refractivity contribution in [3.05, 3.63) is 46.4 Å². The number of rotatable bonds is 6. The third-order valence-corrected chi connectivity index (χ3v) is 3.00. The minimum Gasteiger partial charge on any atom is -0.493 e. The van der Waals surface area contributed by atoms with E-state index in [0.29, 0.717) is 23.2 Å². The molecule has 0 radical (unpaired) electrons. The number of ether oxygens (including phenoxy) is 2. The molecular weight excluding hydrogens is 331 g/mol. The van der Waals surface area contributed by atoms with Gasteiger partial charge in [0.05, 0.1) is 23.9 Å². The van der Waals surface area contributed by atoms with Gasteiger partial charge in [-0.05, 0) is 40.2 Å². The van der Waals surface area contributed by atoms with Crippen molar-refractivity contribution in [1.29, 1.82) is 0 Å². The first-order chi connectivity index (χ1) is 9.66. The van der Waals surface area contributed by atoms with Crippen molar-refractivity contribution < 1.29 is 18.7 Å². The van der Waals surface area contributed by atoms with Crippen molar-refractivity contribution in [2.24, 2.45) is 0 Å². The molecule has 1 aromatic heterocycles. The molecule has 0 atom stereocenters. The van der Waals surface area contributed by atoms with Gasteiger partial charge < -0.3 is 9.47 Å². The summed E-state index contributed by atoms with van der Waals surface area (Å²) in [5.74, 6) is -0.207. The third kappa shape index (κ3) is 4.06. The quantitative estimate of drug-likeness (QED) is 0.647. The van der Waals surface area contributed by atoms with E-state index in [4.69, 9.17) is 9.47 Å². The van der Waals surface area contributed by atoms with E-state index in [1.165, 1.54) is 18.3 Å². The lowest BCUT2D eigenvalue weighted by molar-refractivity contribution is 0.0478. The first kappa shape index (κ1) is 14.5. The molecular formula is C13H12BrFN2O3. The number of nitrogens with one attached hydrogen (secondary N) is 1. The average molecular weight is 343 g/mol. The summed E-state index contributed by atoms with van der Waals surface area (Å²) in [6, 6.07) is 5.74. The molecule has 0 saturated carbocycles. The molecule has 5 nitrogen and oxygen atoms in total. The Labute approximate surface area is 123 Å². The molecule has 0 aliphatic heterocycles. The molecule has 20 heavy (non-hydrogen) atoms. The van der Waals surface area contributed by atoms with Crippen LogP contribution in [0.2, 0.25) is 0 Å². The van der Waals surface area contributed by atoms with Crippen molar-refractivity contribution in [2.45, 2.75) is 6.42 Å². The zero-order valence-corrected chi connectivity index (χ0v) is 12.0. The molecule has 1 N–H and O–H groups in total. The second-order valence-electron chi connectivity index (χ2n) is 3.88. The fourth-order valence-corrected chi connectivity index (χ4v) is 1.78. The van der Waals surface area contributed by atoms with Crippen LogP contribution >= 0.6 is 15.9 Å². The van der Waals surface area contributed by atoms with Gasteiger partial charge in [0.2, 0.25) is 0 Å². The summed E-state index contributed by atoms with van der Waals surface area (Å²) >= 11 is 3.18. The van der Waals surface area contributed by atoms with E-state index in [1.54, 1.807) is 12.1 Å². The number of nitrogens with zero attached hydrogens (tertiary/aromatic N) is 1. The van der Waals surface area contributed by atoms with Gasteiger partial charge in [-0.2, -0.15) is 5.10 Å². The van der Waals surface area contributed by atoms with Crippen LogP contribution in [0.4, 0.5) is 4.39 Å². The minimum absolute atomic E-state index is 0.228. The fourth-order valence-electron chi connectivity index (χ4n) is 1.43. The number of carbonyl (C=O) groups is 1. The Hall–Kier alpha value is -1.89. The Morgan fingerprint density at radius 2 is 2.05 bits per heavy atom. The van der Waals surface area contributed by atoms with E-state index < -0.39 is 5.97 Å². The summed E-state index contributed by atoms with van der Waals surface area (Å²) in [4.78, 5) is 11.6. The zero-order chi connectivity index (χ0) is 14.4. The number of aromatic amines is 1. The van der Waals surface area contributed by atoms with Gasteiger partial charge in [0.25, 0.3) is 0 Å². The van der Waals surface area contributed by atoms with Gasteiger partial charge in [-0.1, -0.05) is 0 Å². The standard InChI is InChI=1S/C13H12BrFN2O3/c14-11-8-16-17-12(11)13(18)20-7-1-6-19-10-4-2-9(15)3-5-10/h2-5,8H,1,6-7H2,(H,16,17). The molecule has 1 aromatic carbocycles. The second kappa shape index (κ2) is 7.04. The minimum atomic E-state index is -0.476. The molecule has 2 rings (SSSR count). The maximum absolute atomic E-state index is 12.7. The molecule has 0 aliphatic rings. The highest BCUT2D eigenvalue weighted by atomic mass is 79.9. The Morgan fingerprint density at radius 1 is 1.30 bits per heavy atom. The lowest BCUT2D eigenvalue weighted by Crippen LogP contribution is -2.10. The van der Waals surface area contributed by atoms with E-state index in [-0.39, 0.29) is 18.1 Å². The molecule has 0 amide bonds. The summed E-state index contributed by atoms with van der Waals surface area (Å²) in [5, 5.41) is 6.24. The SMILES string of the molecule is O=C(OCCCOc1ccc(F)cc1)c1[nH]ncc1Br. The van der Waals surface area contributed by atoms with Gasteiger partial charge >= 0.3 is 5.97 Å². The van der Waals surface area contributed by atoms with Gasteiger partial charge in [0.1, 0.15) is 11.6 Å². The highest BCUT2D eigenvalue weighted by molar-refractivity contribution is 9.10. The predicted molar refractivity (Wildman–Crippen MR) is 73.1 cm³/mol. The largest absolute Gasteiger partial charge is 0.493 e. The maximum Gasteiger partial charge on any atom is 0.357 e. The van der Waals surface area contributed by atoms with E-state index in [0.717, 1.165) is 0 Å². The monoisotopic (exact) mass is 342 g/mol. The van der Waals surface area contributed by atoms with Crippen LogP contribution in [0.15, 0.2) is 34.9 Å². The van der Waals surface area contributed by atoms with Crippen molar-refractivity contribution in [1.82, 2.24) is 10.2 Å². The highest BCUT2D eigenvalue weighted by Gasteiger charge is 2.12. The van der Waals surface area contributed by atoms with Crippen LogP contribution in [-0.2, 0) is 4.74 Å². The summed E-state index contributed by atoms with van der Waals surface area (Å²) in [7, 11) is 0. The van der Waals surface area contributed by atoms with E-state index in [1.807, 2.05) is 0 Å². The van der Waals surface area contributed by atoms with Crippen molar-refractivity contribution in [2.75, 3.05) is 13.2 Å². The summed E-state index contributed by atoms with van der Waals surface area (Å²) in [5.41, 5.74) is 0.282. The zero-order valence-electron chi connectivity index (χ0n) is 10.4. The fraction of sp³-hybridized carbons (Fsp3) is 0.231. The van der Waals surface area contributed by atoms with E-state index in [2.05, 4.69) is 26.1 Å². The van der Waals surface area contributed by atoms with Crippen LogP contribution in [0, 0.1) is 5.82 Å². The molecule has 0 spiro atoms. The summed E-state index contributed by atoms with van der Waals surface area (Å²) in [6.07, 6.45) is 2.02. The van der Waals surface area contributed by atoms with Crippen LogP contribution in [0.3, 0.4) is 0 Å². The Kier molecular flexibility index (Phi) is 5.11. The third-order valence-electron chi connectivity index (χ3n) is 2.40. The molecule has 1 heterocycles. The number of aromatic nitrogens is 2. The average Bonchev–Trinajstić information content (AvgIpc) is 2.86. The number of esters is 1. The normalized spacial score (nSPS) is 10.3. The van der Waals surface area contributed by atoms with E-state index in [9.17, 15) is 9.18 Å². The molecule has 0 fully saturated rings. The van der Waals surface area contributed by atoms with Crippen LogP contribution < -0.4 is 4.74 Å². The van der Waals surface area contributed by atoms with Crippen molar-refractivity contribution in [3.8, 4) is 5.75 Å². The van der Waals surface area contributed by atoms with Crippen LogP contribution in [0.25, 0.3) is 0 Å². The van der Waals surface area contributed by atoms with Gasteiger partial charge in [-0.3, -0.25) is 5.10 Å². The molecule has 0 aliphatic carbocycles. The van der Waals surface area contributed by atoms with Crippen molar-refractivity contribution in [3.63, 3.8) is 0 Å². The van der Waals surface area contributed by atoms with Gasteiger partial charge in [-0.15, -0.1) is 0 Å². The smallest absolute Gasteiger partial charge is 0.357 e. The Balaban J connectivity index is 1.66. The number of benzene rings is 1. The van der Waals surface area contributed by atoms with Gasteiger partial charge in [0.15, 0.2) is 5.69 Å². The Bertz CT molecular complexity index is 571. The number of halogens is 2. The predicted octanol–water partition coefficient (Wildman–Crippen LogP) is 2.94. The number of hydrogen-bond acceptors (Lipinski definition) is 4. The number of H-pyrrole nitrogens is 1. The van der Waals surface area contributed by atoms with Gasteiger partial charge in [-0.25, -0.2) is 9.18 Å². The highest BCUT2D eigenvalue weighted by Crippen LogP contribution is 2.14. The van der Waals surface area contributed by atoms with Crippen LogP contribution in [0.1, 0.15) is 16.9 Å². The molecule has 7 heteroatoms. The lowest BCUT2D eigenvalue weighted by Gasteiger charge is -2.06.